The molecule has 2 aromatic carbocycles. The van der Waals surface area contributed by atoms with E-state index in [-0.39, 0.29) is 11.9 Å². The average molecular weight is 308 g/mol. The fourth-order valence-electron chi connectivity index (χ4n) is 1.97. The Morgan fingerprint density at radius 3 is 2.50 bits per heavy atom. The fraction of sp³-hybridized carbons (Fsp3) is 0.200. The van der Waals surface area contributed by atoms with Crippen molar-refractivity contribution in [3.05, 3.63) is 69.9 Å². The maximum atomic E-state index is 13.2. The molecule has 1 nitrogen and oxygen atoms in total. The van der Waals surface area contributed by atoms with Crippen LogP contribution in [0.25, 0.3) is 0 Å². The first-order valence-electron chi connectivity index (χ1n) is 5.87. The highest BCUT2D eigenvalue weighted by Crippen LogP contribution is 2.22. The Balaban J connectivity index is 2.18. The molecule has 2 rings (SSSR count). The molecule has 0 amide bonds. The van der Waals surface area contributed by atoms with E-state index >= 15 is 0 Å². The van der Waals surface area contributed by atoms with E-state index in [0.29, 0.717) is 4.47 Å². The summed E-state index contributed by atoms with van der Waals surface area (Å²) in [6.07, 6.45) is 0.833. The minimum atomic E-state index is -0.223. The van der Waals surface area contributed by atoms with Crippen molar-refractivity contribution in [1.29, 1.82) is 0 Å². The van der Waals surface area contributed by atoms with Gasteiger partial charge in [-0.15, -0.1) is 0 Å². The predicted molar refractivity (Wildman–Crippen MR) is 76.0 cm³/mol. The van der Waals surface area contributed by atoms with Crippen LogP contribution in [0.5, 0.6) is 0 Å². The van der Waals surface area contributed by atoms with Crippen LogP contribution in [-0.4, -0.2) is 7.05 Å². The first kappa shape index (κ1) is 13.2. The molecule has 0 saturated heterocycles. The van der Waals surface area contributed by atoms with Crippen molar-refractivity contribution >= 4 is 15.9 Å². The number of benzene rings is 2. The third kappa shape index (κ3) is 3.18. The van der Waals surface area contributed by atoms with Crippen molar-refractivity contribution in [2.45, 2.75) is 12.5 Å². The van der Waals surface area contributed by atoms with E-state index in [2.05, 4.69) is 33.4 Å². The summed E-state index contributed by atoms with van der Waals surface area (Å²) in [5.74, 6) is -0.223. The van der Waals surface area contributed by atoms with Crippen LogP contribution in [0.4, 0.5) is 4.39 Å². The lowest BCUT2D eigenvalue weighted by atomic mass is 9.99. The van der Waals surface area contributed by atoms with Crippen molar-refractivity contribution in [3.8, 4) is 0 Å². The highest BCUT2D eigenvalue weighted by molar-refractivity contribution is 9.10. The SMILES string of the molecule is CNC(Cc1ccc(F)c(Br)c1)c1ccccc1. The molecule has 1 unspecified atom stereocenters. The quantitative estimate of drug-likeness (QED) is 0.897. The monoisotopic (exact) mass is 307 g/mol. The minimum absolute atomic E-state index is 0.223. The van der Waals surface area contributed by atoms with Gasteiger partial charge < -0.3 is 5.32 Å². The molecule has 0 aromatic heterocycles. The van der Waals surface area contributed by atoms with Crippen molar-refractivity contribution < 1.29 is 4.39 Å². The smallest absolute Gasteiger partial charge is 0.137 e. The molecule has 3 heteroatoms. The summed E-state index contributed by atoms with van der Waals surface area (Å²) in [4.78, 5) is 0. The van der Waals surface area contributed by atoms with Gasteiger partial charge in [0.2, 0.25) is 0 Å². The molecule has 2 aromatic rings. The Hall–Kier alpha value is -1.19. The number of halogens is 2. The topological polar surface area (TPSA) is 12.0 Å². The fourth-order valence-corrected chi connectivity index (χ4v) is 2.40. The molecule has 0 heterocycles. The first-order chi connectivity index (χ1) is 8.70. The van der Waals surface area contributed by atoms with Gasteiger partial charge in [0.05, 0.1) is 4.47 Å². The summed E-state index contributed by atoms with van der Waals surface area (Å²) in [6.45, 7) is 0. The van der Waals surface area contributed by atoms with Gasteiger partial charge in [-0.05, 0) is 52.7 Å². The number of hydrogen-bond donors (Lipinski definition) is 1. The van der Waals surface area contributed by atoms with E-state index in [1.807, 2.05) is 37.4 Å². The lowest BCUT2D eigenvalue weighted by molar-refractivity contribution is 0.587. The normalized spacial score (nSPS) is 12.4. The second kappa shape index (κ2) is 6.12. The summed E-state index contributed by atoms with van der Waals surface area (Å²) in [7, 11) is 1.94. The van der Waals surface area contributed by atoms with Crippen LogP contribution in [-0.2, 0) is 6.42 Å². The average Bonchev–Trinajstić information content (AvgIpc) is 2.41. The van der Waals surface area contributed by atoms with E-state index in [4.69, 9.17) is 0 Å². The van der Waals surface area contributed by atoms with Crippen molar-refractivity contribution in [1.82, 2.24) is 5.32 Å². The van der Waals surface area contributed by atoms with Crippen molar-refractivity contribution in [3.63, 3.8) is 0 Å². The molecule has 0 aliphatic heterocycles. The third-order valence-electron chi connectivity index (χ3n) is 2.97. The second-order valence-electron chi connectivity index (χ2n) is 4.20. The van der Waals surface area contributed by atoms with E-state index in [0.717, 1.165) is 12.0 Å². The molecule has 18 heavy (non-hydrogen) atoms. The van der Waals surface area contributed by atoms with Gasteiger partial charge in [0.1, 0.15) is 5.82 Å². The lowest BCUT2D eigenvalue weighted by Gasteiger charge is -2.17. The molecule has 94 valence electrons. The first-order valence-corrected chi connectivity index (χ1v) is 6.66. The molecule has 0 spiro atoms. The zero-order valence-corrected chi connectivity index (χ0v) is 11.7. The zero-order valence-electron chi connectivity index (χ0n) is 10.2. The van der Waals surface area contributed by atoms with Gasteiger partial charge >= 0.3 is 0 Å². The van der Waals surface area contributed by atoms with Gasteiger partial charge in [0.15, 0.2) is 0 Å². The molecule has 0 saturated carbocycles. The number of hydrogen-bond acceptors (Lipinski definition) is 1. The maximum absolute atomic E-state index is 13.2. The molecular formula is C15H15BrFN. The number of likely N-dealkylation sites (N-methyl/N-ethyl adjacent to an activating group) is 1. The van der Waals surface area contributed by atoms with Crippen LogP contribution in [0.3, 0.4) is 0 Å². The number of rotatable bonds is 4. The Morgan fingerprint density at radius 1 is 1.17 bits per heavy atom. The Morgan fingerprint density at radius 2 is 1.89 bits per heavy atom. The Bertz CT molecular complexity index is 513. The van der Waals surface area contributed by atoms with Crippen LogP contribution in [0.1, 0.15) is 17.2 Å². The Labute approximate surface area is 115 Å². The molecule has 1 atom stereocenters. The molecule has 0 aliphatic carbocycles. The van der Waals surface area contributed by atoms with Crippen molar-refractivity contribution in [2.75, 3.05) is 7.05 Å². The molecule has 0 bridgehead atoms. The van der Waals surface area contributed by atoms with E-state index in [1.165, 1.54) is 11.6 Å². The van der Waals surface area contributed by atoms with Crippen LogP contribution < -0.4 is 5.32 Å². The maximum Gasteiger partial charge on any atom is 0.137 e. The molecule has 0 fully saturated rings. The van der Waals surface area contributed by atoms with Gasteiger partial charge in [-0.25, -0.2) is 4.39 Å². The molecule has 0 aliphatic rings. The largest absolute Gasteiger partial charge is 0.313 e. The standard InChI is InChI=1S/C15H15BrFN/c1-18-15(12-5-3-2-4-6-12)10-11-7-8-14(17)13(16)9-11/h2-9,15,18H,10H2,1H3. The van der Waals surface area contributed by atoms with Gasteiger partial charge in [-0.2, -0.15) is 0 Å². The van der Waals surface area contributed by atoms with Crippen LogP contribution in [0.2, 0.25) is 0 Å². The zero-order chi connectivity index (χ0) is 13.0. The molecular weight excluding hydrogens is 293 g/mol. The second-order valence-corrected chi connectivity index (χ2v) is 5.06. The summed E-state index contributed by atoms with van der Waals surface area (Å²) in [5.41, 5.74) is 2.34. The van der Waals surface area contributed by atoms with Gasteiger partial charge in [-0.1, -0.05) is 36.4 Å². The summed E-state index contributed by atoms with van der Waals surface area (Å²) in [5, 5.41) is 3.29. The lowest BCUT2D eigenvalue weighted by Crippen LogP contribution is -2.18. The van der Waals surface area contributed by atoms with Gasteiger partial charge in [0, 0.05) is 6.04 Å². The van der Waals surface area contributed by atoms with Crippen LogP contribution in [0.15, 0.2) is 53.0 Å². The van der Waals surface area contributed by atoms with Gasteiger partial charge in [0.25, 0.3) is 0 Å². The summed E-state index contributed by atoms with van der Waals surface area (Å²) < 4.78 is 13.7. The van der Waals surface area contributed by atoms with E-state index in [1.54, 1.807) is 0 Å². The third-order valence-corrected chi connectivity index (χ3v) is 3.58. The van der Waals surface area contributed by atoms with E-state index < -0.39 is 0 Å². The van der Waals surface area contributed by atoms with Crippen LogP contribution in [0, 0.1) is 5.82 Å². The Kier molecular flexibility index (Phi) is 4.50. The highest BCUT2D eigenvalue weighted by atomic mass is 79.9. The predicted octanol–water partition coefficient (Wildman–Crippen LogP) is 4.09. The summed E-state index contributed by atoms with van der Waals surface area (Å²) in [6, 6.07) is 15.7. The van der Waals surface area contributed by atoms with Crippen molar-refractivity contribution in [2.24, 2.45) is 0 Å². The van der Waals surface area contributed by atoms with Crippen LogP contribution >= 0.6 is 15.9 Å². The van der Waals surface area contributed by atoms with Gasteiger partial charge in [-0.3, -0.25) is 0 Å². The van der Waals surface area contributed by atoms with E-state index in [9.17, 15) is 4.39 Å². The summed E-state index contributed by atoms with van der Waals surface area (Å²) >= 11 is 3.22. The molecule has 1 N–H and O–H groups in total. The number of nitrogens with one attached hydrogen (secondary N) is 1. The highest BCUT2D eigenvalue weighted by Gasteiger charge is 2.10. The minimum Gasteiger partial charge on any atom is -0.313 e. The molecule has 0 radical (unpaired) electrons.